The van der Waals surface area contributed by atoms with Gasteiger partial charge in [-0.25, -0.2) is 13.6 Å². The highest BCUT2D eigenvalue weighted by Crippen LogP contribution is 2.28. The largest absolute Gasteiger partial charge is 0.490 e. The van der Waals surface area contributed by atoms with Gasteiger partial charge in [-0.15, -0.1) is 24.0 Å². The molecule has 0 fully saturated rings. The summed E-state index contributed by atoms with van der Waals surface area (Å²) in [6, 6.07) is 12.4. The summed E-state index contributed by atoms with van der Waals surface area (Å²) in [5, 5.41) is 11.6. The number of nitrogens with zero attached hydrogens (tertiary/aromatic N) is 1. The van der Waals surface area contributed by atoms with Crippen molar-refractivity contribution < 1.29 is 17.9 Å². The predicted octanol–water partition coefficient (Wildman–Crippen LogP) is 2.66. The zero-order valence-electron chi connectivity index (χ0n) is 18.1. The van der Waals surface area contributed by atoms with Crippen molar-refractivity contribution in [3.63, 3.8) is 0 Å². The minimum atomic E-state index is -3.68. The van der Waals surface area contributed by atoms with E-state index in [-0.39, 0.29) is 28.9 Å². The van der Waals surface area contributed by atoms with Crippen molar-refractivity contribution in [3.8, 4) is 11.5 Å². The first-order chi connectivity index (χ1) is 14.4. The van der Waals surface area contributed by atoms with E-state index in [0.717, 1.165) is 29.0 Å². The van der Waals surface area contributed by atoms with Gasteiger partial charge in [0.1, 0.15) is 0 Å². The number of hydrogen-bond donors (Lipinski definition) is 3. The highest BCUT2D eigenvalue weighted by Gasteiger charge is 2.08. The first-order valence-electron chi connectivity index (χ1n) is 9.82. The van der Waals surface area contributed by atoms with Gasteiger partial charge >= 0.3 is 0 Å². The summed E-state index contributed by atoms with van der Waals surface area (Å²) in [5.74, 6) is 2.16. The van der Waals surface area contributed by atoms with Crippen LogP contribution in [0.25, 0.3) is 0 Å². The molecule has 0 atom stereocenters. The Morgan fingerprint density at radius 3 is 2.16 bits per heavy atom. The fourth-order valence-electron chi connectivity index (χ4n) is 2.78. The van der Waals surface area contributed by atoms with Gasteiger partial charge in [0.05, 0.1) is 18.1 Å². The zero-order valence-corrected chi connectivity index (χ0v) is 21.2. The van der Waals surface area contributed by atoms with Crippen molar-refractivity contribution >= 4 is 40.0 Å². The van der Waals surface area contributed by atoms with Crippen molar-refractivity contribution in [1.29, 1.82) is 0 Å². The first kappa shape index (κ1) is 27.0. The van der Waals surface area contributed by atoms with E-state index in [4.69, 9.17) is 14.6 Å². The summed E-state index contributed by atoms with van der Waals surface area (Å²) in [5.41, 5.74) is 2.04. The molecule has 2 rings (SSSR count). The molecule has 0 heterocycles. The predicted molar refractivity (Wildman–Crippen MR) is 134 cm³/mol. The van der Waals surface area contributed by atoms with Gasteiger partial charge in [0, 0.05) is 20.1 Å². The molecule has 0 saturated heterocycles. The second-order valence-corrected chi connectivity index (χ2v) is 8.00. The minimum Gasteiger partial charge on any atom is -0.490 e. The van der Waals surface area contributed by atoms with Crippen LogP contribution in [0.3, 0.4) is 0 Å². The molecule has 0 spiro atoms. The van der Waals surface area contributed by atoms with Gasteiger partial charge in [-0.1, -0.05) is 18.2 Å². The molecule has 4 N–H and O–H groups in total. The highest BCUT2D eigenvalue weighted by molar-refractivity contribution is 14.0. The summed E-state index contributed by atoms with van der Waals surface area (Å²) >= 11 is 0. The van der Waals surface area contributed by atoms with Gasteiger partial charge in [-0.3, -0.25) is 4.99 Å². The van der Waals surface area contributed by atoms with Gasteiger partial charge in [0.25, 0.3) is 0 Å². The molecule has 0 aliphatic carbocycles. The maximum Gasteiger partial charge on any atom is 0.238 e. The lowest BCUT2D eigenvalue weighted by molar-refractivity contribution is 0.287. The average molecular weight is 562 g/mol. The van der Waals surface area contributed by atoms with Gasteiger partial charge in [-0.2, -0.15) is 0 Å². The average Bonchev–Trinajstić information content (AvgIpc) is 2.72. The Bertz CT molecular complexity index is 950. The Balaban J connectivity index is 0.00000480. The monoisotopic (exact) mass is 562 g/mol. The topological polar surface area (TPSA) is 115 Å². The third-order valence-corrected chi connectivity index (χ3v) is 5.18. The van der Waals surface area contributed by atoms with Crippen molar-refractivity contribution in [1.82, 2.24) is 10.6 Å². The van der Waals surface area contributed by atoms with E-state index in [9.17, 15) is 8.42 Å². The molecule has 8 nitrogen and oxygen atoms in total. The van der Waals surface area contributed by atoms with Crippen LogP contribution in [0.5, 0.6) is 11.5 Å². The molecule has 2 aromatic carbocycles. The lowest BCUT2D eigenvalue weighted by Gasteiger charge is -2.14. The molecule has 0 unspecified atom stereocenters. The first-order valence-corrected chi connectivity index (χ1v) is 11.4. The summed E-state index contributed by atoms with van der Waals surface area (Å²) in [4.78, 5) is 4.30. The smallest absolute Gasteiger partial charge is 0.238 e. The van der Waals surface area contributed by atoms with Gasteiger partial charge in [0.15, 0.2) is 17.5 Å². The van der Waals surface area contributed by atoms with Gasteiger partial charge in [0.2, 0.25) is 10.0 Å². The quantitative estimate of drug-likeness (QED) is 0.233. The Kier molecular flexibility index (Phi) is 11.6. The number of aliphatic imine (C=N–C) groups is 1. The van der Waals surface area contributed by atoms with Crippen LogP contribution in [-0.4, -0.2) is 41.2 Å². The van der Waals surface area contributed by atoms with Crippen LogP contribution in [-0.2, 0) is 23.0 Å². The standard InChI is InChI=1S/C21H30N4O4S.HI/c1-4-28-19-11-8-16(14-20(19)29-5-2)12-13-24-21(23-3)25-15-17-6-9-18(10-7-17)30(22,26)27;/h6-11,14H,4-5,12-13,15H2,1-3H3,(H2,22,26,27)(H2,23,24,25);1H. The number of guanidine groups is 1. The van der Waals surface area contributed by atoms with Crippen molar-refractivity contribution in [3.05, 3.63) is 53.6 Å². The molecule has 0 saturated carbocycles. The number of rotatable bonds is 10. The number of primary sulfonamides is 1. The number of nitrogens with two attached hydrogens (primary N) is 1. The Labute approximate surface area is 201 Å². The van der Waals surface area contributed by atoms with E-state index in [1.165, 1.54) is 12.1 Å². The molecule has 0 bridgehead atoms. The summed E-state index contributed by atoms with van der Waals surface area (Å²) in [7, 11) is -1.98. The number of sulfonamides is 1. The van der Waals surface area contributed by atoms with Gasteiger partial charge in [-0.05, 0) is 55.7 Å². The van der Waals surface area contributed by atoms with Crippen LogP contribution in [0.2, 0.25) is 0 Å². The van der Waals surface area contributed by atoms with E-state index in [0.29, 0.717) is 32.3 Å². The Morgan fingerprint density at radius 1 is 0.968 bits per heavy atom. The molecule has 0 aliphatic rings. The van der Waals surface area contributed by atoms with E-state index in [2.05, 4.69) is 15.6 Å². The van der Waals surface area contributed by atoms with Crippen molar-refractivity contribution in [2.24, 2.45) is 10.1 Å². The summed E-state index contributed by atoms with van der Waals surface area (Å²) < 4.78 is 33.9. The number of benzene rings is 2. The SMILES string of the molecule is CCOc1ccc(CCNC(=NC)NCc2ccc(S(N)(=O)=O)cc2)cc1OCC.I. The van der Waals surface area contributed by atoms with E-state index in [1.807, 2.05) is 32.0 Å². The molecular weight excluding hydrogens is 531 g/mol. The lowest BCUT2D eigenvalue weighted by atomic mass is 10.1. The lowest BCUT2D eigenvalue weighted by Crippen LogP contribution is -2.37. The normalized spacial score (nSPS) is 11.4. The molecule has 172 valence electrons. The highest BCUT2D eigenvalue weighted by atomic mass is 127. The second-order valence-electron chi connectivity index (χ2n) is 6.44. The third-order valence-electron chi connectivity index (χ3n) is 4.25. The Morgan fingerprint density at radius 2 is 1.58 bits per heavy atom. The number of ether oxygens (including phenoxy) is 2. The van der Waals surface area contributed by atoms with E-state index >= 15 is 0 Å². The third kappa shape index (κ3) is 8.91. The summed E-state index contributed by atoms with van der Waals surface area (Å²) in [6.07, 6.45) is 0.788. The molecule has 2 aromatic rings. The number of halogens is 1. The number of hydrogen-bond acceptors (Lipinski definition) is 5. The Hall–Kier alpha value is -2.05. The molecule has 0 amide bonds. The van der Waals surface area contributed by atoms with E-state index < -0.39 is 10.0 Å². The molecule has 10 heteroatoms. The van der Waals surface area contributed by atoms with Crippen LogP contribution in [0.15, 0.2) is 52.4 Å². The molecular formula is C21H31IN4O4S. The summed E-state index contributed by atoms with van der Waals surface area (Å²) in [6.45, 7) is 6.25. The molecule has 0 radical (unpaired) electrons. The zero-order chi connectivity index (χ0) is 22.0. The van der Waals surface area contributed by atoms with Crippen LogP contribution in [0.1, 0.15) is 25.0 Å². The molecule has 0 aliphatic heterocycles. The van der Waals surface area contributed by atoms with Gasteiger partial charge < -0.3 is 20.1 Å². The molecule has 0 aromatic heterocycles. The van der Waals surface area contributed by atoms with Crippen LogP contribution in [0, 0.1) is 0 Å². The van der Waals surface area contributed by atoms with Crippen LogP contribution >= 0.6 is 24.0 Å². The van der Waals surface area contributed by atoms with Crippen molar-refractivity contribution in [2.75, 3.05) is 26.8 Å². The fraction of sp³-hybridized carbons (Fsp3) is 0.381. The fourth-order valence-corrected chi connectivity index (χ4v) is 3.30. The van der Waals surface area contributed by atoms with E-state index in [1.54, 1.807) is 19.2 Å². The van der Waals surface area contributed by atoms with Crippen molar-refractivity contribution in [2.45, 2.75) is 31.7 Å². The maximum atomic E-state index is 11.3. The van der Waals surface area contributed by atoms with Crippen LogP contribution in [0.4, 0.5) is 0 Å². The molecule has 31 heavy (non-hydrogen) atoms. The second kappa shape index (κ2) is 13.4. The van der Waals surface area contributed by atoms with Crippen LogP contribution < -0.4 is 25.2 Å². The number of nitrogens with one attached hydrogen (secondary N) is 2. The maximum absolute atomic E-state index is 11.3. The minimum absolute atomic E-state index is 0.